The molecule has 1 aromatic heterocycles. The molecule has 3 aromatic rings. The van der Waals surface area contributed by atoms with Crippen molar-refractivity contribution in [2.24, 2.45) is 0 Å². The van der Waals surface area contributed by atoms with Crippen LogP contribution in [-0.2, 0) is 6.18 Å². The lowest BCUT2D eigenvalue weighted by molar-refractivity contribution is -0.137. The number of likely N-dealkylation sites (N-methyl/N-ethyl adjacent to an activating group) is 2. The number of nitrogens with one attached hydrogen (secondary N) is 2. The van der Waals surface area contributed by atoms with Gasteiger partial charge in [-0.2, -0.15) is 13.2 Å². The first-order valence-corrected chi connectivity index (χ1v) is 17.0. The van der Waals surface area contributed by atoms with Crippen LogP contribution in [0, 0.1) is 0 Å². The van der Waals surface area contributed by atoms with Crippen LogP contribution in [0.25, 0.3) is 0 Å². The first-order chi connectivity index (χ1) is 25.3. The Balaban J connectivity index is 1.42. The molecule has 2 N–H and O–H groups in total. The molecule has 2 aromatic carbocycles. The highest BCUT2D eigenvalue weighted by Crippen LogP contribution is 2.37. The summed E-state index contributed by atoms with van der Waals surface area (Å²) < 4.78 is 63.7. The van der Waals surface area contributed by atoms with Gasteiger partial charge in [0.25, 0.3) is 11.8 Å². The summed E-state index contributed by atoms with van der Waals surface area (Å²) in [5, 5.41) is 4.86. The minimum absolute atomic E-state index is 0.0584. The van der Waals surface area contributed by atoms with E-state index in [1.165, 1.54) is 12.4 Å². The zero-order chi connectivity index (χ0) is 38.5. The third-order valence-corrected chi connectivity index (χ3v) is 7.84. The second-order valence-corrected chi connectivity index (χ2v) is 12.6. The molecule has 0 spiro atoms. The largest absolute Gasteiger partial charge is 0.493 e. The third-order valence-electron chi connectivity index (χ3n) is 7.51. The van der Waals surface area contributed by atoms with Crippen molar-refractivity contribution in [3.63, 3.8) is 0 Å². The number of anilines is 1. The standard InChI is InChI=1S/C36H43ClF3N7O6/c1-6-50-28-8-7-9-29(51-19-16-45(2)3)30(28)32(48)43-24-12-14-47(15-13-24)18-21-53-35-31(34(41-23-42-35)52-20-17-46(4)5)33(49)44-25-10-11-27(37)26(22-25)36(38,39)40/h7-14,22-23H,6,15-21H2,1-5H3,(H,43,48)(H,44,49). The number of hydrogen-bond donors (Lipinski definition) is 2. The number of allylic oxidation sites excluding steroid dienone is 1. The summed E-state index contributed by atoms with van der Waals surface area (Å²) in [5.74, 6) is -0.615. The van der Waals surface area contributed by atoms with E-state index in [2.05, 4.69) is 20.6 Å². The second kappa shape index (κ2) is 19.1. The zero-order valence-electron chi connectivity index (χ0n) is 30.1. The molecule has 13 nitrogen and oxygen atoms in total. The van der Waals surface area contributed by atoms with E-state index in [-0.39, 0.29) is 42.1 Å². The molecule has 0 saturated heterocycles. The van der Waals surface area contributed by atoms with Crippen LogP contribution in [0.3, 0.4) is 0 Å². The number of amides is 2. The highest BCUT2D eigenvalue weighted by molar-refractivity contribution is 6.31. The smallest absolute Gasteiger partial charge is 0.417 e. The van der Waals surface area contributed by atoms with Gasteiger partial charge < -0.3 is 44.3 Å². The fraction of sp³-hybridized carbons (Fsp3) is 0.389. The molecule has 0 saturated carbocycles. The molecule has 2 amide bonds. The van der Waals surface area contributed by atoms with Crippen LogP contribution in [-0.4, -0.2) is 117 Å². The van der Waals surface area contributed by atoms with E-state index < -0.39 is 22.7 Å². The first kappa shape index (κ1) is 40.7. The Morgan fingerprint density at radius 1 is 0.868 bits per heavy atom. The quantitative estimate of drug-likeness (QED) is 0.177. The van der Waals surface area contributed by atoms with Gasteiger partial charge in [-0.1, -0.05) is 17.7 Å². The average Bonchev–Trinajstić information content (AvgIpc) is 3.09. The summed E-state index contributed by atoms with van der Waals surface area (Å²) in [6, 6.07) is 8.25. The Labute approximate surface area is 311 Å². The molecule has 0 bridgehead atoms. The van der Waals surface area contributed by atoms with E-state index >= 15 is 0 Å². The van der Waals surface area contributed by atoms with Gasteiger partial charge in [0.2, 0.25) is 11.8 Å². The van der Waals surface area contributed by atoms with Gasteiger partial charge in [-0.25, -0.2) is 9.97 Å². The molecule has 53 heavy (non-hydrogen) atoms. The van der Waals surface area contributed by atoms with Crippen molar-refractivity contribution in [2.45, 2.75) is 13.1 Å². The zero-order valence-corrected chi connectivity index (χ0v) is 30.9. The SMILES string of the molecule is CCOc1cccc(OCCN(C)C)c1C(=O)NC1=CCN(CCOc2ncnc(OCCN(C)C)c2C(=O)Nc2ccc(Cl)c(C(F)(F)F)c2)C=C1. The van der Waals surface area contributed by atoms with Gasteiger partial charge in [-0.3, -0.25) is 9.59 Å². The number of hydrogen-bond acceptors (Lipinski definition) is 11. The van der Waals surface area contributed by atoms with E-state index in [1.54, 1.807) is 30.5 Å². The lowest BCUT2D eigenvalue weighted by Gasteiger charge is -2.23. The van der Waals surface area contributed by atoms with Crippen molar-refractivity contribution in [3.05, 3.63) is 88.5 Å². The van der Waals surface area contributed by atoms with Crippen molar-refractivity contribution in [3.8, 4) is 23.3 Å². The Hall–Kier alpha value is -5.06. The first-order valence-electron chi connectivity index (χ1n) is 16.7. The van der Waals surface area contributed by atoms with Gasteiger partial charge in [0.15, 0.2) is 5.56 Å². The van der Waals surface area contributed by atoms with E-state index in [9.17, 15) is 22.8 Å². The minimum atomic E-state index is -4.73. The van der Waals surface area contributed by atoms with Crippen molar-refractivity contribution < 1.29 is 41.7 Å². The van der Waals surface area contributed by atoms with Gasteiger partial charge >= 0.3 is 6.18 Å². The van der Waals surface area contributed by atoms with Gasteiger partial charge in [0.05, 0.1) is 23.7 Å². The highest BCUT2D eigenvalue weighted by atomic mass is 35.5. The summed E-state index contributed by atoms with van der Waals surface area (Å²) in [4.78, 5) is 40.9. The summed E-state index contributed by atoms with van der Waals surface area (Å²) in [5.41, 5.74) is -0.571. The van der Waals surface area contributed by atoms with Gasteiger partial charge in [-0.15, -0.1) is 0 Å². The Kier molecular flexibility index (Phi) is 14.7. The molecule has 0 atom stereocenters. The van der Waals surface area contributed by atoms with Gasteiger partial charge in [0, 0.05) is 37.2 Å². The van der Waals surface area contributed by atoms with Crippen LogP contribution in [0.4, 0.5) is 18.9 Å². The van der Waals surface area contributed by atoms with Crippen molar-refractivity contribution >= 4 is 29.1 Å². The van der Waals surface area contributed by atoms with Crippen molar-refractivity contribution in [1.82, 2.24) is 30.0 Å². The normalized spacial score (nSPS) is 12.8. The fourth-order valence-corrected chi connectivity index (χ4v) is 5.04. The topological polar surface area (TPSA) is 131 Å². The van der Waals surface area contributed by atoms with E-state index in [4.69, 9.17) is 30.5 Å². The lowest BCUT2D eigenvalue weighted by atomic mass is 10.1. The lowest BCUT2D eigenvalue weighted by Crippen LogP contribution is -2.30. The molecule has 1 aliphatic rings. The number of aromatic nitrogens is 2. The minimum Gasteiger partial charge on any atom is -0.493 e. The number of ether oxygens (including phenoxy) is 4. The van der Waals surface area contributed by atoms with Crippen molar-refractivity contribution in [1.29, 1.82) is 0 Å². The number of alkyl halides is 3. The maximum absolute atomic E-state index is 13.5. The van der Waals surface area contributed by atoms with Crippen LogP contribution < -0.4 is 29.6 Å². The molecule has 0 radical (unpaired) electrons. The number of carbonyl (C=O) groups is 2. The summed E-state index contributed by atoms with van der Waals surface area (Å²) in [6.07, 6.45) is 1.78. The monoisotopic (exact) mass is 761 g/mol. The summed E-state index contributed by atoms with van der Waals surface area (Å²) >= 11 is 5.75. The van der Waals surface area contributed by atoms with E-state index in [0.29, 0.717) is 62.2 Å². The van der Waals surface area contributed by atoms with E-state index in [0.717, 1.165) is 12.1 Å². The molecule has 2 heterocycles. The maximum atomic E-state index is 13.5. The maximum Gasteiger partial charge on any atom is 0.417 e. The predicted octanol–water partition coefficient (Wildman–Crippen LogP) is 5.20. The van der Waals surface area contributed by atoms with Crippen LogP contribution in [0.15, 0.2) is 66.8 Å². The number of halogens is 4. The molecule has 0 fully saturated rings. The van der Waals surface area contributed by atoms with Gasteiger partial charge in [-0.05, 0) is 77.6 Å². The summed E-state index contributed by atoms with van der Waals surface area (Å²) in [6.45, 7) is 4.75. The molecule has 0 unspecified atom stereocenters. The van der Waals surface area contributed by atoms with E-state index in [1.807, 2.05) is 55.9 Å². The fourth-order valence-electron chi connectivity index (χ4n) is 4.82. The molecule has 1 aliphatic heterocycles. The highest BCUT2D eigenvalue weighted by Gasteiger charge is 2.34. The molecular weight excluding hydrogens is 719 g/mol. The number of rotatable bonds is 18. The molecule has 17 heteroatoms. The predicted molar refractivity (Wildman–Crippen MR) is 194 cm³/mol. The Morgan fingerprint density at radius 3 is 2.09 bits per heavy atom. The van der Waals surface area contributed by atoms with Crippen LogP contribution in [0.1, 0.15) is 33.2 Å². The number of carbonyl (C=O) groups excluding carboxylic acids is 2. The van der Waals surface area contributed by atoms with Crippen LogP contribution in [0.2, 0.25) is 5.02 Å². The average molecular weight is 762 g/mol. The Morgan fingerprint density at radius 2 is 1.49 bits per heavy atom. The van der Waals surface area contributed by atoms with Crippen molar-refractivity contribution in [2.75, 3.05) is 86.1 Å². The molecule has 0 aliphatic carbocycles. The second-order valence-electron chi connectivity index (χ2n) is 12.1. The third kappa shape index (κ3) is 12.0. The molecule has 286 valence electrons. The number of benzene rings is 2. The van der Waals surface area contributed by atoms with Crippen LogP contribution >= 0.6 is 11.6 Å². The number of nitrogens with zero attached hydrogens (tertiary/aromatic N) is 5. The van der Waals surface area contributed by atoms with Gasteiger partial charge in [0.1, 0.15) is 43.2 Å². The summed E-state index contributed by atoms with van der Waals surface area (Å²) in [7, 11) is 7.54. The molecular formula is C36H43ClF3N7O6. The van der Waals surface area contributed by atoms with Crippen LogP contribution in [0.5, 0.6) is 23.3 Å². The molecule has 4 rings (SSSR count). The Bertz CT molecular complexity index is 1790.